The van der Waals surface area contributed by atoms with Crippen LogP contribution in [0.2, 0.25) is 0 Å². The smallest absolute Gasteiger partial charge is 0.269 e. The molecule has 0 spiro atoms. The number of methoxy groups -OCH3 is 1. The maximum Gasteiger partial charge on any atom is 0.269 e. The first-order chi connectivity index (χ1) is 7.54. The molecule has 0 heterocycles. The molecule has 86 valence electrons. The average Bonchev–Trinajstić information content (AvgIpc) is 2.26. The summed E-state index contributed by atoms with van der Waals surface area (Å²) in [5, 5.41) is -0.0672. The average molecular weight is 243 g/mol. The summed E-state index contributed by atoms with van der Waals surface area (Å²) in [6.07, 6.45) is 0. The van der Waals surface area contributed by atoms with E-state index >= 15 is 0 Å². The fraction of sp³-hybridized carbons (Fsp3) is 0.111. The highest BCUT2D eigenvalue weighted by Crippen LogP contribution is 2.17. The van der Waals surface area contributed by atoms with Crippen molar-refractivity contribution in [2.75, 3.05) is 7.11 Å². The van der Waals surface area contributed by atoms with E-state index in [0.717, 1.165) is 6.07 Å². The van der Waals surface area contributed by atoms with Gasteiger partial charge in [0.15, 0.2) is 16.7 Å². The van der Waals surface area contributed by atoms with Crippen molar-refractivity contribution in [2.24, 2.45) is 5.73 Å². The molecule has 0 aliphatic heterocycles. The molecule has 0 aliphatic rings. The number of carbonyl (C=O) groups excluding carboxylic acids is 1. The molecule has 1 aromatic carbocycles. The number of thiocarbonyl (C=S) groups is 1. The van der Waals surface area contributed by atoms with Gasteiger partial charge in [0.1, 0.15) is 0 Å². The zero-order chi connectivity index (χ0) is 12.1. The standard InChI is InChI=1S/C9H10FN3O2S/c1-15-7-4-5(2-3-6(7)10)8(14)12-13-9(11)16/h2-4H,1H3,(H,12,14)(H3,11,13,16). The van der Waals surface area contributed by atoms with Crippen LogP contribution in [0.1, 0.15) is 10.4 Å². The third kappa shape index (κ3) is 3.06. The predicted molar refractivity (Wildman–Crippen MR) is 60.3 cm³/mol. The maximum absolute atomic E-state index is 13.0. The molecule has 0 unspecified atom stereocenters. The van der Waals surface area contributed by atoms with Crippen LogP contribution in [0.15, 0.2) is 18.2 Å². The van der Waals surface area contributed by atoms with Crippen LogP contribution in [0.4, 0.5) is 4.39 Å². The van der Waals surface area contributed by atoms with Crippen LogP contribution in [0.5, 0.6) is 5.75 Å². The van der Waals surface area contributed by atoms with Gasteiger partial charge in [-0.3, -0.25) is 15.6 Å². The van der Waals surface area contributed by atoms with Crippen LogP contribution in [0.25, 0.3) is 0 Å². The molecular formula is C9H10FN3O2S. The molecule has 0 saturated heterocycles. The van der Waals surface area contributed by atoms with Crippen LogP contribution in [-0.2, 0) is 0 Å². The molecule has 0 radical (unpaired) electrons. The number of carbonyl (C=O) groups is 1. The van der Waals surface area contributed by atoms with E-state index < -0.39 is 11.7 Å². The molecule has 16 heavy (non-hydrogen) atoms. The second kappa shape index (κ2) is 5.26. The SMILES string of the molecule is COc1cc(C(=O)NNC(N)=S)ccc1F. The monoisotopic (exact) mass is 243 g/mol. The molecule has 1 amide bonds. The Morgan fingerprint density at radius 2 is 2.19 bits per heavy atom. The molecular weight excluding hydrogens is 233 g/mol. The first-order valence-electron chi connectivity index (χ1n) is 4.24. The molecule has 5 nitrogen and oxygen atoms in total. The number of amides is 1. The Bertz CT molecular complexity index is 425. The fourth-order valence-electron chi connectivity index (χ4n) is 0.992. The summed E-state index contributed by atoms with van der Waals surface area (Å²) in [5.74, 6) is -1.05. The molecule has 0 aromatic heterocycles. The number of halogens is 1. The largest absolute Gasteiger partial charge is 0.494 e. The van der Waals surface area contributed by atoms with Crippen molar-refractivity contribution in [3.05, 3.63) is 29.6 Å². The van der Waals surface area contributed by atoms with Gasteiger partial charge in [-0.25, -0.2) is 4.39 Å². The van der Waals surface area contributed by atoms with Gasteiger partial charge in [0.25, 0.3) is 5.91 Å². The van der Waals surface area contributed by atoms with Crippen molar-refractivity contribution in [1.29, 1.82) is 0 Å². The topological polar surface area (TPSA) is 76.4 Å². The van der Waals surface area contributed by atoms with Gasteiger partial charge in [0.2, 0.25) is 0 Å². The highest BCUT2D eigenvalue weighted by Gasteiger charge is 2.09. The number of ether oxygens (including phenoxy) is 1. The van der Waals surface area contributed by atoms with Crippen molar-refractivity contribution < 1.29 is 13.9 Å². The van der Waals surface area contributed by atoms with E-state index in [1.165, 1.54) is 19.2 Å². The summed E-state index contributed by atoms with van der Waals surface area (Å²) in [6, 6.07) is 3.72. The van der Waals surface area contributed by atoms with Gasteiger partial charge in [-0.1, -0.05) is 0 Å². The van der Waals surface area contributed by atoms with Gasteiger partial charge in [-0.2, -0.15) is 0 Å². The van der Waals surface area contributed by atoms with Crippen molar-refractivity contribution in [2.45, 2.75) is 0 Å². The molecule has 1 aromatic rings. The van der Waals surface area contributed by atoms with Crippen LogP contribution in [-0.4, -0.2) is 18.1 Å². The van der Waals surface area contributed by atoms with Gasteiger partial charge in [-0.05, 0) is 30.4 Å². The van der Waals surface area contributed by atoms with Crippen molar-refractivity contribution >= 4 is 23.2 Å². The number of hydrogen-bond donors (Lipinski definition) is 3. The Balaban J connectivity index is 2.80. The Labute approximate surface area is 96.7 Å². The van der Waals surface area contributed by atoms with Gasteiger partial charge >= 0.3 is 0 Å². The molecule has 0 atom stereocenters. The summed E-state index contributed by atoms with van der Waals surface area (Å²) < 4.78 is 17.8. The van der Waals surface area contributed by atoms with E-state index in [-0.39, 0.29) is 16.4 Å². The zero-order valence-electron chi connectivity index (χ0n) is 8.41. The molecule has 7 heteroatoms. The maximum atomic E-state index is 13.0. The molecule has 0 fully saturated rings. The quantitative estimate of drug-likeness (QED) is 0.515. The van der Waals surface area contributed by atoms with Gasteiger partial charge in [0, 0.05) is 5.56 Å². The van der Waals surface area contributed by atoms with Gasteiger partial charge in [-0.15, -0.1) is 0 Å². The Hall–Kier alpha value is -1.89. The van der Waals surface area contributed by atoms with E-state index in [4.69, 9.17) is 10.5 Å². The lowest BCUT2D eigenvalue weighted by atomic mass is 10.2. The molecule has 4 N–H and O–H groups in total. The fourth-order valence-corrected chi connectivity index (χ4v) is 1.04. The first-order valence-corrected chi connectivity index (χ1v) is 4.64. The van der Waals surface area contributed by atoms with Gasteiger partial charge in [0.05, 0.1) is 7.11 Å². The van der Waals surface area contributed by atoms with Crippen molar-refractivity contribution in [3.8, 4) is 5.75 Å². The molecule has 0 bridgehead atoms. The molecule has 0 aliphatic carbocycles. The summed E-state index contributed by atoms with van der Waals surface area (Å²) in [6.45, 7) is 0. The number of nitrogens with two attached hydrogens (primary N) is 1. The van der Waals surface area contributed by atoms with Crippen molar-refractivity contribution in [1.82, 2.24) is 10.9 Å². The highest BCUT2D eigenvalue weighted by atomic mass is 32.1. The lowest BCUT2D eigenvalue weighted by Gasteiger charge is -2.07. The van der Waals surface area contributed by atoms with Crippen LogP contribution < -0.4 is 21.3 Å². The normalized spacial score (nSPS) is 9.38. The van der Waals surface area contributed by atoms with Gasteiger partial charge < -0.3 is 10.5 Å². The Kier molecular flexibility index (Phi) is 4.01. The lowest BCUT2D eigenvalue weighted by Crippen LogP contribution is -2.44. The second-order valence-corrected chi connectivity index (χ2v) is 3.23. The summed E-state index contributed by atoms with van der Waals surface area (Å²) >= 11 is 4.50. The zero-order valence-corrected chi connectivity index (χ0v) is 9.23. The van der Waals surface area contributed by atoms with Crippen LogP contribution in [0, 0.1) is 5.82 Å². The minimum Gasteiger partial charge on any atom is -0.494 e. The minimum atomic E-state index is -0.540. The molecule has 0 saturated carbocycles. The number of benzene rings is 1. The van der Waals surface area contributed by atoms with E-state index in [1.54, 1.807) is 0 Å². The van der Waals surface area contributed by atoms with E-state index in [1.807, 2.05) is 0 Å². The van der Waals surface area contributed by atoms with Crippen molar-refractivity contribution in [3.63, 3.8) is 0 Å². The summed E-state index contributed by atoms with van der Waals surface area (Å²) in [4.78, 5) is 11.5. The number of hydrazine groups is 1. The first kappa shape index (κ1) is 12.2. The van der Waals surface area contributed by atoms with E-state index in [0.29, 0.717) is 0 Å². The highest BCUT2D eigenvalue weighted by molar-refractivity contribution is 7.80. The van der Waals surface area contributed by atoms with Crippen LogP contribution in [0.3, 0.4) is 0 Å². The third-order valence-electron chi connectivity index (χ3n) is 1.71. The van der Waals surface area contributed by atoms with Crippen LogP contribution >= 0.6 is 12.2 Å². The number of nitrogens with one attached hydrogen (secondary N) is 2. The third-order valence-corrected chi connectivity index (χ3v) is 1.81. The minimum absolute atomic E-state index is 0.0111. The number of rotatable bonds is 2. The summed E-state index contributed by atoms with van der Waals surface area (Å²) in [5.41, 5.74) is 9.85. The predicted octanol–water partition coefficient (Wildman–Crippen LogP) is 0.312. The molecule has 1 rings (SSSR count). The Morgan fingerprint density at radius 3 is 2.75 bits per heavy atom. The summed E-state index contributed by atoms with van der Waals surface area (Å²) in [7, 11) is 1.31. The lowest BCUT2D eigenvalue weighted by molar-refractivity contribution is 0.0943. The second-order valence-electron chi connectivity index (χ2n) is 2.79. The van der Waals surface area contributed by atoms with E-state index in [9.17, 15) is 9.18 Å². The number of hydrogen-bond acceptors (Lipinski definition) is 3. The Morgan fingerprint density at radius 1 is 1.50 bits per heavy atom. The van der Waals surface area contributed by atoms with E-state index in [2.05, 4.69) is 23.1 Å².